The molecule has 0 heterocycles. The second kappa shape index (κ2) is 5.51. The van der Waals surface area contributed by atoms with Gasteiger partial charge >= 0.3 is 6.09 Å². The fourth-order valence-corrected chi connectivity index (χ4v) is 1.29. The lowest BCUT2D eigenvalue weighted by Crippen LogP contribution is -2.22. The van der Waals surface area contributed by atoms with E-state index in [0.29, 0.717) is 5.75 Å². The van der Waals surface area contributed by atoms with Gasteiger partial charge in [0.15, 0.2) is 0 Å². The van der Waals surface area contributed by atoms with E-state index in [2.05, 4.69) is 17.1 Å². The van der Waals surface area contributed by atoms with Crippen LogP contribution in [0, 0.1) is 0 Å². The quantitative estimate of drug-likeness (QED) is 0.850. The molecule has 1 atom stereocenters. The normalized spacial score (nSPS) is 12.3. The third-order valence-corrected chi connectivity index (χ3v) is 2.53. The maximum Gasteiger partial charge on any atom is 0.412 e. The van der Waals surface area contributed by atoms with Gasteiger partial charge in [-0.2, -0.15) is 0 Å². The summed E-state index contributed by atoms with van der Waals surface area (Å²) in [6.45, 7) is 2.10. The maximum absolute atomic E-state index is 11.1. The van der Waals surface area contributed by atoms with Crippen LogP contribution in [0.15, 0.2) is 24.3 Å². The van der Waals surface area contributed by atoms with E-state index in [1.165, 1.54) is 7.05 Å². The molecule has 1 aromatic rings. The molecular weight excluding hydrogens is 204 g/mol. The number of amides is 1. The van der Waals surface area contributed by atoms with Gasteiger partial charge in [0.1, 0.15) is 5.75 Å². The van der Waals surface area contributed by atoms with Crippen LogP contribution < -0.4 is 10.1 Å². The van der Waals surface area contributed by atoms with E-state index in [-0.39, 0.29) is 6.04 Å². The summed E-state index contributed by atoms with van der Waals surface area (Å²) in [6, 6.07) is 7.82. The van der Waals surface area contributed by atoms with Crippen LogP contribution in [0.4, 0.5) is 4.79 Å². The van der Waals surface area contributed by atoms with Crippen LogP contribution in [0.3, 0.4) is 0 Å². The van der Waals surface area contributed by atoms with Crippen LogP contribution in [0.25, 0.3) is 0 Å². The number of carbonyl (C=O) groups is 1. The Kier molecular flexibility index (Phi) is 4.31. The van der Waals surface area contributed by atoms with E-state index in [9.17, 15) is 4.79 Å². The van der Waals surface area contributed by atoms with Gasteiger partial charge in [0.05, 0.1) is 0 Å². The molecule has 16 heavy (non-hydrogen) atoms. The number of hydrogen-bond acceptors (Lipinski definition) is 3. The summed E-state index contributed by atoms with van der Waals surface area (Å²) in [5.74, 6) is 0.561. The minimum Gasteiger partial charge on any atom is -0.410 e. The summed E-state index contributed by atoms with van der Waals surface area (Å²) >= 11 is 0. The summed E-state index contributed by atoms with van der Waals surface area (Å²) < 4.78 is 5.07. The van der Waals surface area contributed by atoms with Crippen molar-refractivity contribution >= 4 is 6.09 Å². The smallest absolute Gasteiger partial charge is 0.410 e. The lowest BCUT2D eigenvalue weighted by molar-refractivity contribution is 0.203. The number of rotatable bonds is 3. The lowest BCUT2D eigenvalue weighted by atomic mass is 10.1. The predicted molar refractivity (Wildman–Crippen MR) is 63.6 cm³/mol. The van der Waals surface area contributed by atoms with Crippen LogP contribution in [-0.4, -0.2) is 32.1 Å². The van der Waals surface area contributed by atoms with Crippen molar-refractivity contribution in [2.24, 2.45) is 0 Å². The van der Waals surface area contributed by atoms with E-state index in [1.807, 2.05) is 32.3 Å². The first-order valence-corrected chi connectivity index (χ1v) is 5.20. The van der Waals surface area contributed by atoms with Crippen LogP contribution in [-0.2, 0) is 0 Å². The number of carbonyl (C=O) groups excluding carboxylic acids is 1. The Labute approximate surface area is 96.2 Å². The molecule has 1 rings (SSSR count). The molecule has 4 heteroatoms. The average molecular weight is 222 g/mol. The number of nitrogens with one attached hydrogen (secondary N) is 1. The third-order valence-electron chi connectivity index (χ3n) is 2.53. The molecule has 1 amide bonds. The topological polar surface area (TPSA) is 41.6 Å². The molecule has 1 aromatic carbocycles. The standard InChI is InChI=1S/C12H18N2O2/c1-9(14(3)4)10-6-5-7-11(8-10)16-12(15)13-2/h5-9H,1-4H3,(H,13,15)/t9-/m0/s1. The van der Waals surface area contributed by atoms with E-state index < -0.39 is 6.09 Å². The van der Waals surface area contributed by atoms with Crippen LogP contribution in [0.5, 0.6) is 5.75 Å². The molecule has 0 radical (unpaired) electrons. The highest BCUT2D eigenvalue weighted by atomic mass is 16.5. The van der Waals surface area contributed by atoms with E-state index >= 15 is 0 Å². The predicted octanol–water partition coefficient (Wildman–Crippen LogP) is 2.03. The minimum atomic E-state index is -0.449. The molecule has 0 spiro atoms. The van der Waals surface area contributed by atoms with Crippen LogP contribution in [0.2, 0.25) is 0 Å². The van der Waals surface area contributed by atoms with E-state index in [0.717, 1.165) is 5.56 Å². The van der Waals surface area contributed by atoms with Gasteiger partial charge in [0.25, 0.3) is 0 Å². The summed E-state index contributed by atoms with van der Waals surface area (Å²) in [5, 5.41) is 2.41. The van der Waals surface area contributed by atoms with E-state index in [1.54, 1.807) is 6.07 Å². The highest BCUT2D eigenvalue weighted by molar-refractivity contribution is 5.69. The number of nitrogens with zero attached hydrogens (tertiary/aromatic N) is 1. The molecule has 0 aromatic heterocycles. The minimum absolute atomic E-state index is 0.285. The Morgan fingerprint density at radius 2 is 2.12 bits per heavy atom. The fourth-order valence-electron chi connectivity index (χ4n) is 1.29. The Hall–Kier alpha value is -1.55. The molecule has 0 saturated carbocycles. The van der Waals surface area contributed by atoms with Gasteiger partial charge in [-0.25, -0.2) is 4.79 Å². The molecule has 88 valence electrons. The van der Waals surface area contributed by atoms with Gasteiger partial charge in [-0.1, -0.05) is 12.1 Å². The Morgan fingerprint density at radius 3 is 2.69 bits per heavy atom. The molecule has 0 fully saturated rings. The first-order chi connectivity index (χ1) is 7.54. The molecule has 0 bridgehead atoms. The van der Waals surface area contributed by atoms with Gasteiger partial charge in [-0.05, 0) is 38.7 Å². The van der Waals surface area contributed by atoms with Crippen molar-refractivity contribution in [1.29, 1.82) is 0 Å². The van der Waals surface area contributed by atoms with Gasteiger partial charge in [-0.15, -0.1) is 0 Å². The summed E-state index contributed by atoms with van der Waals surface area (Å²) in [4.78, 5) is 13.1. The zero-order chi connectivity index (χ0) is 12.1. The number of hydrogen-bond donors (Lipinski definition) is 1. The van der Waals surface area contributed by atoms with Gasteiger partial charge < -0.3 is 15.0 Å². The highest BCUT2D eigenvalue weighted by Gasteiger charge is 2.09. The molecule has 0 aliphatic carbocycles. The first-order valence-electron chi connectivity index (χ1n) is 5.20. The molecule has 0 saturated heterocycles. The van der Waals surface area contributed by atoms with Crippen molar-refractivity contribution in [3.63, 3.8) is 0 Å². The summed E-state index contributed by atoms with van der Waals surface area (Å²) in [6.07, 6.45) is -0.449. The largest absolute Gasteiger partial charge is 0.412 e. The second-order valence-corrected chi connectivity index (χ2v) is 3.85. The van der Waals surface area contributed by atoms with Crippen LogP contribution in [0.1, 0.15) is 18.5 Å². The molecule has 0 aliphatic rings. The lowest BCUT2D eigenvalue weighted by Gasteiger charge is -2.20. The first kappa shape index (κ1) is 12.5. The maximum atomic E-state index is 11.1. The average Bonchev–Trinajstić information content (AvgIpc) is 2.28. The molecule has 0 aliphatic heterocycles. The Bertz CT molecular complexity index is 364. The SMILES string of the molecule is CNC(=O)Oc1cccc([C@H](C)N(C)C)c1. The van der Waals surface area contributed by atoms with Crippen molar-refractivity contribution in [3.05, 3.63) is 29.8 Å². The molecular formula is C12H18N2O2. The molecule has 0 unspecified atom stereocenters. The zero-order valence-corrected chi connectivity index (χ0v) is 10.2. The summed E-state index contributed by atoms with van der Waals surface area (Å²) in [5.41, 5.74) is 1.12. The van der Waals surface area contributed by atoms with Crippen molar-refractivity contribution < 1.29 is 9.53 Å². The van der Waals surface area contributed by atoms with Crippen molar-refractivity contribution in [3.8, 4) is 5.75 Å². The molecule has 1 N–H and O–H groups in total. The number of ether oxygens (including phenoxy) is 1. The van der Waals surface area contributed by atoms with Crippen molar-refractivity contribution in [2.75, 3.05) is 21.1 Å². The van der Waals surface area contributed by atoms with Crippen molar-refractivity contribution in [1.82, 2.24) is 10.2 Å². The fraction of sp³-hybridized carbons (Fsp3) is 0.417. The second-order valence-electron chi connectivity index (χ2n) is 3.85. The zero-order valence-electron chi connectivity index (χ0n) is 10.2. The van der Waals surface area contributed by atoms with E-state index in [4.69, 9.17) is 4.74 Å². The monoisotopic (exact) mass is 222 g/mol. The van der Waals surface area contributed by atoms with Crippen LogP contribution >= 0.6 is 0 Å². The third kappa shape index (κ3) is 3.24. The van der Waals surface area contributed by atoms with Gasteiger partial charge in [0, 0.05) is 13.1 Å². The van der Waals surface area contributed by atoms with Gasteiger partial charge in [0.2, 0.25) is 0 Å². The van der Waals surface area contributed by atoms with Gasteiger partial charge in [-0.3, -0.25) is 0 Å². The Morgan fingerprint density at radius 1 is 1.44 bits per heavy atom. The number of benzene rings is 1. The molecule has 4 nitrogen and oxygen atoms in total. The Balaban J connectivity index is 2.82. The summed E-state index contributed by atoms with van der Waals surface area (Å²) in [7, 11) is 5.56. The van der Waals surface area contributed by atoms with Crippen molar-refractivity contribution in [2.45, 2.75) is 13.0 Å². The highest BCUT2D eigenvalue weighted by Crippen LogP contribution is 2.21.